The molecule has 100 valence electrons. The van der Waals surface area contributed by atoms with Gasteiger partial charge in [0.2, 0.25) is 5.43 Å². The second-order valence-electron chi connectivity index (χ2n) is 4.10. The lowest BCUT2D eigenvalue weighted by Crippen LogP contribution is -2.01. The second kappa shape index (κ2) is 6.30. The quantitative estimate of drug-likeness (QED) is 0.693. The Morgan fingerprint density at radius 3 is 2.60 bits per heavy atom. The first-order valence-corrected chi connectivity index (χ1v) is 6.67. The van der Waals surface area contributed by atoms with Gasteiger partial charge in [-0.3, -0.25) is 9.59 Å². The molecule has 2 aromatic carbocycles. The van der Waals surface area contributed by atoms with E-state index in [1.807, 2.05) is 24.3 Å². The Bertz CT molecular complexity index is 736. The molecule has 1 N–H and O–H groups in total. The molecule has 0 unspecified atom stereocenters. The molecule has 0 radical (unpaired) electrons. The molecule has 0 atom stereocenters. The maximum atomic E-state index is 12.0. The van der Waals surface area contributed by atoms with Gasteiger partial charge >= 0.3 is 0 Å². The van der Waals surface area contributed by atoms with Crippen molar-refractivity contribution in [3.63, 3.8) is 0 Å². The van der Waals surface area contributed by atoms with E-state index >= 15 is 0 Å². The van der Waals surface area contributed by atoms with Crippen LogP contribution < -0.4 is 5.43 Å². The Morgan fingerprint density at radius 2 is 1.85 bits per heavy atom. The van der Waals surface area contributed by atoms with Gasteiger partial charge in [-0.25, -0.2) is 0 Å². The monoisotopic (exact) mass is 330 g/mol. The van der Waals surface area contributed by atoms with Crippen LogP contribution in [-0.4, -0.2) is 10.9 Å². The molecule has 0 aliphatic heterocycles. The lowest BCUT2D eigenvalue weighted by atomic mass is 10.1. The van der Waals surface area contributed by atoms with Crippen molar-refractivity contribution < 1.29 is 9.90 Å². The molecule has 2 rings (SSSR count). The average Bonchev–Trinajstić information content (AvgIpc) is 2.59. The molecule has 0 bridgehead atoms. The zero-order valence-electron chi connectivity index (χ0n) is 10.4. The van der Waals surface area contributed by atoms with Gasteiger partial charge in [0.15, 0.2) is 11.5 Å². The number of benzene rings is 1. The average molecular weight is 331 g/mol. The molecule has 0 saturated carbocycles. The van der Waals surface area contributed by atoms with Crippen LogP contribution in [0.1, 0.15) is 15.9 Å². The summed E-state index contributed by atoms with van der Waals surface area (Å²) in [4.78, 5) is 23.4. The Labute approximate surface area is 124 Å². The molecule has 0 aliphatic rings. The maximum absolute atomic E-state index is 12.0. The number of rotatable bonds is 3. The number of halogens is 1. The summed E-state index contributed by atoms with van der Waals surface area (Å²) >= 11 is 3.34. The van der Waals surface area contributed by atoms with Crippen molar-refractivity contribution in [3.8, 4) is 5.75 Å². The standard InChI is InChI=1S/C16H11BrO3/c17-12-5-3-4-11(10-12)8-9-14(18)13-6-1-2-7-15(19)16(13)20/h1-10H,(H,19,20)/b9-8+. The Kier molecular flexibility index (Phi) is 4.48. The molecule has 0 amide bonds. The number of ketones is 1. The predicted molar refractivity (Wildman–Crippen MR) is 81.9 cm³/mol. The minimum Gasteiger partial charge on any atom is -0.504 e. The normalized spacial score (nSPS) is 10.7. The Balaban J connectivity index is 2.32. The fraction of sp³-hybridized carbons (Fsp3) is 0. The summed E-state index contributed by atoms with van der Waals surface area (Å²) in [6, 6.07) is 13.1. The molecule has 2 aromatic rings. The predicted octanol–water partition coefficient (Wildman–Crippen LogP) is 3.41. The van der Waals surface area contributed by atoms with Crippen LogP contribution in [0.2, 0.25) is 0 Å². The zero-order chi connectivity index (χ0) is 14.5. The zero-order valence-corrected chi connectivity index (χ0v) is 12.0. The third-order valence-electron chi connectivity index (χ3n) is 2.65. The van der Waals surface area contributed by atoms with Crippen LogP contribution in [0.5, 0.6) is 5.75 Å². The fourth-order valence-electron chi connectivity index (χ4n) is 1.66. The lowest BCUT2D eigenvalue weighted by molar-refractivity contribution is 0.104. The molecule has 0 heterocycles. The van der Waals surface area contributed by atoms with Crippen molar-refractivity contribution in [2.45, 2.75) is 0 Å². The van der Waals surface area contributed by atoms with Crippen LogP contribution in [0.4, 0.5) is 0 Å². The molecule has 3 nitrogen and oxygen atoms in total. The van der Waals surface area contributed by atoms with Crippen LogP contribution in [0, 0.1) is 0 Å². The summed E-state index contributed by atoms with van der Waals surface area (Å²) in [5.74, 6) is -0.949. The van der Waals surface area contributed by atoms with E-state index < -0.39 is 17.0 Å². The van der Waals surface area contributed by atoms with E-state index in [-0.39, 0.29) is 5.56 Å². The molecule has 20 heavy (non-hydrogen) atoms. The SMILES string of the molecule is O=C(/C=C/c1cccc(Br)c1)c1ccccc(=O)c1O. The molecular weight excluding hydrogens is 320 g/mol. The van der Waals surface area contributed by atoms with Gasteiger partial charge in [0, 0.05) is 4.47 Å². The number of hydrogen-bond acceptors (Lipinski definition) is 3. The first kappa shape index (κ1) is 14.2. The van der Waals surface area contributed by atoms with Crippen LogP contribution >= 0.6 is 15.9 Å². The van der Waals surface area contributed by atoms with E-state index in [4.69, 9.17) is 0 Å². The Morgan fingerprint density at radius 1 is 1.10 bits per heavy atom. The van der Waals surface area contributed by atoms with Crippen LogP contribution in [-0.2, 0) is 0 Å². The van der Waals surface area contributed by atoms with E-state index in [0.717, 1.165) is 10.0 Å². The number of carbonyl (C=O) groups is 1. The highest BCUT2D eigenvalue weighted by molar-refractivity contribution is 9.10. The summed E-state index contributed by atoms with van der Waals surface area (Å²) in [7, 11) is 0. The van der Waals surface area contributed by atoms with Crippen molar-refractivity contribution in [3.05, 3.63) is 80.4 Å². The summed E-state index contributed by atoms with van der Waals surface area (Å²) in [5, 5.41) is 9.69. The minimum absolute atomic E-state index is 0.00810. The molecule has 0 saturated heterocycles. The van der Waals surface area contributed by atoms with E-state index in [1.54, 1.807) is 12.1 Å². The summed E-state index contributed by atoms with van der Waals surface area (Å²) in [6.07, 6.45) is 2.96. The van der Waals surface area contributed by atoms with Gasteiger partial charge in [-0.05, 0) is 35.9 Å². The van der Waals surface area contributed by atoms with E-state index in [9.17, 15) is 14.7 Å². The number of aromatic hydroxyl groups is 1. The van der Waals surface area contributed by atoms with Gasteiger partial charge in [0.25, 0.3) is 0 Å². The van der Waals surface area contributed by atoms with Crippen molar-refractivity contribution in [1.29, 1.82) is 0 Å². The first-order chi connectivity index (χ1) is 9.58. The molecule has 4 heteroatoms. The van der Waals surface area contributed by atoms with E-state index in [0.29, 0.717) is 0 Å². The van der Waals surface area contributed by atoms with Gasteiger partial charge in [0.1, 0.15) is 0 Å². The smallest absolute Gasteiger partial charge is 0.220 e. The van der Waals surface area contributed by atoms with Gasteiger partial charge in [0.05, 0.1) is 5.56 Å². The lowest BCUT2D eigenvalue weighted by Gasteiger charge is -1.96. The van der Waals surface area contributed by atoms with Crippen molar-refractivity contribution in [1.82, 2.24) is 0 Å². The highest BCUT2D eigenvalue weighted by Gasteiger charge is 2.09. The van der Waals surface area contributed by atoms with Crippen molar-refractivity contribution in [2.24, 2.45) is 0 Å². The van der Waals surface area contributed by atoms with E-state index in [2.05, 4.69) is 15.9 Å². The van der Waals surface area contributed by atoms with Gasteiger partial charge in [-0.1, -0.05) is 46.3 Å². The third kappa shape index (κ3) is 3.42. The minimum atomic E-state index is -0.575. The number of hydrogen-bond donors (Lipinski definition) is 1. The number of allylic oxidation sites excluding steroid dienone is 1. The molecule has 0 spiro atoms. The van der Waals surface area contributed by atoms with Gasteiger partial charge in [-0.2, -0.15) is 0 Å². The van der Waals surface area contributed by atoms with Crippen molar-refractivity contribution in [2.75, 3.05) is 0 Å². The topological polar surface area (TPSA) is 54.4 Å². The van der Waals surface area contributed by atoms with Gasteiger partial charge < -0.3 is 5.11 Å². The third-order valence-corrected chi connectivity index (χ3v) is 3.14. The second-order valence-corrected chi connectivity index (χ2v) is 5.01. The largest absolute Gasteiger partial charge is 0.504 e. The molecule has 0 aliphatic carbocycles. The van der Waals surface area contributed by atoms with Crippen LogP contribution in [0.3, 0.4) is 0 Å². The van der Waals surface area contributed by atoms with Crippen molar-refractivity contribution >= 4 is 27.8 Å². The maximum Gasteiger partial charge on any atom is 0.220 e. The van der Waals surface area contributed by atoms with Gasteiger partial charge in [-0.15, -0.1) is 0 Å². The molecular formula is C16H11BrO3. The van der Waals surface area contributed by atoms with Crippen LogP contribution in [0.25, 0.3) is 6.08 Å². The highest BCUT2D eigenvalue weighted by atomic mass is 79.9. The van der Waals surface area contributed by atoms with E-state index in [1.165, 1.54) is 24.3 Å². The summed E-state index contributed by atoms with van der Waals surface area (Å²) in [5.41, 5.74) is 0.260. The number of carbonyl (C=O) groups excluding carboxylic acids is 1. The molecule has 0 fully saturated rings. The highest BCUT2D eigenvalue weighted by Crippen LogP contribution is 2.15. The first-order valence-electron chi connectivity index (χ1n) is 5.88. The summed E-state index contributed by atoms with van der Waals surface area (Å²) < 4.78 is 0.905. The Hall–Kier alpha value is -2.20. The molecule has 0 aromatic heterocycles. The fourth-order valence-corrected chi connectivity index (χ4v) is 2.07. The summed E-state index contributed by atoms with van der Waals surface area (Å²) in [6.45, 7) is 0. The van der Waals surface area contributed by atoms with Crippen LogP contribution in [0.15, 0.2) is 63.9 Å².